The number of aromatic amines is 1. The quantitative estimate of drug-likeness (QED) is 0.633. The number of halogens is 2. The smallest absolute Gasteiger partial charge is 0.410 e. The second kappa shape index (κ2) is 9.51. The van der Waals surface area contributed by atoms with E-state index in [0.29, 0.717) is 19.7 Å². The average molecular weight is 447 g/mol. The first-order chi connectivity index (χ1) is 13.8. The molecule has 30 heavy (non-hydrogen) atoms. The zero-order valence-electron chi connectivity index (χ0n) is 16.3. The van der Waals surface area contributed by atoms with Gasteiger partial charge in [0.2, 0.25) is 0 Å². The zero-order valence-corrected chi connectivity index (χ0v) is 17.9. The number of carbonyl (C=O) groups excluding carboxylic acids is 1. The van der Waals surface area contributed by atoms with Crippen molar-refractivity contribution in [3.63, 3.8) is 0 Å². The number of rotatable bonds is 3. The number of fused-ring (bicyclic) bond motifs is 3. The Bertz CT molecular complexity index is 951. The lowest BCUT2D eigenvalue weighted by molar-refractivity contribution is 0.0752. The van der Waals surface area contributed by atoms with Crippen LogP contribution in [0.5, 0.6) is 0 Å². The van der Waals surface area contributed by atoms with Gasteiger partial charge in [0.1, 0.15) is 6.61 Å². The second-order valence-corrected chi connectivity index (χ2v) is 7.25. The van der Waals surface area contributed by atoms with Crippen molar-refractivity contribution in [2.24, 2.45) is 0 Å². The first-order valence-electron chi connectivity index (χ1n) is 9.64. The van der Waals surface area contributed by atoms with E-state index >= 15 is 0 Å². The van der Waals surface area contributed by atoms with Crippen LogP contribution in [0, 0.1) is 0 Å². The molecule has 0 saturated carbocycles. The molecule has 8 heteroatoms. The predicted octanol–water partition coefficient (Wildman–Crippen LogP) is 4.15. The molecule has 0 bridgehead atoms. The molecule has 2 aromatic carbocycles. The number of hydrogen-bond acceptors (Lipinski definition) is 4. The minimum Gasteiger partial charge on any atom is -0.448 e. The third-order valence-corrected chi connectivity index (χ3v) is 5.72. The molecule has 0 radical (unpaired) electrons. The van der Waals surface area contributed by atoms with Crippen molar-refractivity contribution in [3.8, 4) is 11.1 Å². The van der Waals surface area contributed by atoms with Crippen LogP contribution in [0.25, 0.3) is 11.1 Å². The van der Waals surface area contributed by atoms with Gasteiger partial charge < -0.3 is 10.1 Å². The summed E-state index contributed by atoms with van der Waals surface area (Å²) in [4.78, 5) is 14.7. The van der Waals surface area contributed by atoms with Gasteiger partial charge in [-0.15, -0.1) is 24.8 Å². The van der Waals surface area contributed by atoms with Crippen LogP contribution in [0.1, 0.15) is 28.7 Å². The molecule has 3 aromatic rings. The third kappa shape index (κ3) is 3.90. The van der Waals surface area contributed by atoms with Crippen LogP contribution in [0.3, 0.4) is 0 Å². The van der Waals surface area contributed by atoms with Crippen molar-refractivity contribution in [1.29, 1.82) is 0 Å². The molecule has 1 aliphatic heterocycles. The molecule has 1 atom stereocenters. The van der Waals surface area contributed by atoms with Crippen LogP contribution in [-0.4, -0.2) is 47.4 Å². The highest BCUT2D eigenvalue weighted by Gasteiger charge is 2.32. The highest BCUT2D eigenvalue weighted by molar-refractivity contribution is 5.85. The topological polar surface area (TPSA) is 70.2 Å². The SMILES string of the molecule is Cl.Cl.O=C(OCC1c2ccccc2-c2ccccc21)N1CCNCC1c1cn[nH]c1. The Hall–Kier alpha value is -2.54. The monoisotopic (exact) mass is 446 g/mol. The van der Waals surface area contributed by atoms with Gasteiger partial charge in [0, 0.05) is 37.3 Å². The predicted molar refractivity (Wildman–Crippen MR) is 120 cm³/mol. The first kappa shape index (κ1) is 22.2. The number of ether oxygens (including phenoxy) is 1. The molecule has 1 saturated heterocycles. The van der Waals surface area contributed by atoms with Crippen LogP contribution in [0.4, 0.5) is 4.79 Å². The summed E-state index contributed by atoms with van der Waals surface area (Å²) < 4.78 is 5.84. The van der Waals surface area contributed by atoms with Gasteiger partial charge in [-0.3, -0.25) is 10.00 Å². The summed E-state index contributed by atoms with van der Waals surface area (Å²) in [5, 5.41) is 10.2. The molecule has 158 valence electrons. The highest BCUT2D eigenvalue weighted by atomic mass is 35.5. The number of piperazine rings is 1. The number of benzene rings is 2. The van der Waals surface area contributed by atoms with Gasteiger partial charge in [-0.05, 0) is 22.3 Å². The molecule has 1 unspecified atom stereocenters. The summed E-state index contributed by atoms with van der Waals surface area (Å²) in [6.45, 7) is 2.42. The largest absolute Gasteiger partial charge is 0.448 e. The number of amides is 1. The Morgan fingerprint density at radius 2 is 1.73 bits per heavy atom. The van der Waals surface area contributed by atoms with Crippen LogP contribution in [-0.2, 0) is 4.74 Å². The molecule has 2 aliphatic rings. The van der Waals surface area contributed by atoms with E-state index < -0.39 is 0 Å². The summed E-state index contributed by atoms with van der Waals surface area (Å²) in [5.74, 6) is 0.0756. The van der Waals surface area contributed by atoms with Crippen molar-refractivity contribution in [1.82, 2.24) is 20.4 Å². The standard InChI is InChI=1S/C22H22N4O2.2ClH/c27-22(26-10-9-23-13-21(26)15-11-24-25-12-15)28-14-20-18-7-3-1-5-16(18)17-6-2-4-8-19(17)20;;/h1-8,11-12,20-21,23H,9-10,13-14H2,(H,24,25);2*1H. The van der Waals surface area contributed by atoms with Crippen LogP contribution in [0.15, 0.2) is 60.9 Å². The Balaban J connectivity index is 0.00000128. The van der Waals surface area contributed by atoms with E-state index in [-0.39, 0.29) is 42.9 Å². The maximum absolute atomic E-state index is 12.9. The minimum absolute atomic E-state index is 0. The van der Waals surface area contributed by atoms with E-state index in [0.717, 1.165) is 12.1 Å². The maximum atomic E-state index is 12.9. The van der Waals surface area contributed by atoms with Gasteiger partial charge in [0.05, 0.1) is 12.2 Å². The van der Waals surface area contributed by atoms with Crippen LogP contribution in [0.2, 0.25) is 0 Å². The van der Waals surface area contributed by atoms with E-state index in [9.17, 15) is 4.79 Å². The molecule has 1 fully saturated rings. The zero-order chi connectivity index (χ0) is 18.9. The summed E-state index contributed by atoms with van der Waals surface area (Å²) in [6.07, 6.45) is 3.33. The number of hydrogen-bond donors (Lipinski definition) is 2. The number of carbonyl (C=O) groups is 1. The Kier molecular flexibility index (Phi) is 7.02. The van der Waals surface area contributed by atoms with Crippen molar-refractivity contribution in [3.05, 3.63) is 77.6 Å². The molecule has 0 spiro atoms. The molecule has 2 N–H and O–H groups in total. The van der Waals surface area contributed by atoms with Crippen LogP contribution < -0.4 is 5.32 Å². The molecule has 5 rings (SSSR count). The molecular formula is C22H24Cl2N4O2. The summed E-state index contributed by atoms with van der Waals surface area (Å²) in [5.41, 5.74) is 5.90. The van der Waals surface area contributed by atoms with Gasteiger partial charge >= 0.3 is 6.09 Å². The van der Waals surface area contributed by atoms with Crippen molar-refractivity contribution in [2.45, 2.75) is 12.0 Å². The maximum Gasteiger partial charge on any atom is 0.410 e. The van der Waals surface area contributed by atoms with E-state index in [2.05, 4.69) is 51.9 Å². The lowest BCUT2D eigenvalue weighted by Crippen LogP contribution is -2.49. The fraction of sp³-hybridized carbons (Fsp3) is 0.273. The van der Waals surface area contributed by atoms with E-state index in [1.165, 1.54) is 22.3 Å². The Morgan fingerprint density at radius 1 is 1.07 bits per heavy atom. The normalized spacial score (nSPS) is 17.3. The Labute approximate surface area is 187 Å². The fourth-order valence-electron chi connectivity index (χ4n) is 4.34. The number of nitrogens with zero attached hydrogens (tertiary/aromatic N) is 2. The van der Waals surface area contributed by atoms with Crippen molar-refractivity contribution >= 4 is 30.9 Å². The van der Waals surface area contributed by atoms with E-state index in [1.54, 1.807) is 11.1 Å². The lowest BCUT2D eigenvalue weighted by Gasteiger charge is -2.35. The third-order valence-electron chi connectivity index (χ3n) is 5.72. The van der Waals surface area contributed by atoms with Crippen LogP contribution >= 0.6 is 24.8 Å². The molecule has 1 aliphatic carbocycles. The number of H-pyrrole nitrogens is 1. The average Bonchev–Trinajstić information content (AvgIpc) is 3.39. The number of aromatic nitrogens is 2. The van der Waals surface area contributed by atoms with Gasteiger partial charge in [-0.1, -0.05) is 48.5 Å². The molecule has 1 amide bonds. The summed E-state index contributed by atoms with van der Waals surface area (Å²) in [7, 11) is 0. The van der Waals surface area contributed by atoms with Gasteiger partial charge in [-0.25, -0.2) is 4.79 Å². The summed E-state index contributed by atoms with van der Waals surface area (Å²) in [6, 6.07) is 16.7. The van der Waals surface area contributed by atoms with E-state index in [1.807, 2.05) is 18.3 Å². The Morgan fingerprint density at radius 3 is 2.37 bits per heavy atom. The highest BCUT2D eigenvalue weighted by Crippen LogP contribution is 2.44. The van der Waals surface area contributed by atoms with Gasteiger partial charge in [-0.2, -0.15) is 5.10 Å². The molecular weight excluding hydrogens is 423 g/mol. The molecule has 2 heterocycles. The fourth-order valence-corrected chi connectivity index (χ4v) is 4.34. The van der Waals surface area contributed by atoms with Gasteiger partial charge in [0.15, 0.2) is 0 Å². The second-order valence-electron chi connectivity index (χ2n) is 7.25. The minimum atomic E-state index is -0.269. The van der Waals surface area contributed by atoms with E-state index in [4.69, 9.17) is 4.74 Å². The van der Waals surface area contributed by atoms with Gasteiger partial charge in [0.25, 0.3) is 0 Å². The van der Waals surface area contributed by atoms with Crippen molar-refractivity contribution in [2.75, 3.05) is 26.2 Å². The number of nitrogens with one attached hydrogen (secondary N) is 2. The van der Waals surface area contributed by atoms with Crippen molar-refractivity contribution < 1.29 is 9.53 Å². The molecule has 6 nitrogen and oxygen atoms in total. The summed E-state index contributed by atoms with van der Waals surface area (Å²) >= 11 is 0. The first-order valence-corrected chi connectivity index (χ1v) is 9.64. The molecule has 1 aromatic heterocycles. The lowest BCUT2D eigenvalue weighted by atomic mass is 9.98.